The second kappa shape index (κ2) is 8.46. The minimum absolute atomic E-state index is 0.0949. The monoisotopic (exact) mass is 400 g/mol. The summed E-state index contributed by atoms with van der Waals surface area (Å²) in [5.41, 5.74) is -2.67. The maximum absolute atomic E-state index is 13.2. The maximum atomic E-state index is 13.2. The van der Waals surface area contributed by atoms with Crippen molar-refractivity contribution in [1.29, 1.82) is 0 Å². The number of hydrogen-bond donors (Lipinski definition) is 0. The Morgan fingerprint density at radius 2 is 1.78 bits per heavy atom. The number of rotatable bonds is 6. The van der Waals surface area contributed by atoms with E-state index in [9.17, 15) is 14.4 Å². The van der Waals surface area contributed by atoms with Crippen molar-refractivity contribution in [2.24, 2.45) is 11.3 Å². The summed E-state index contributed by atoms with van der Waals surface area (Å²) in [6.45, 7) is 12.9. The zero-order valence-corrected chi connectivity index (χ0v) is 18.6. The molecule has 1 aliphatic carbocycles. The van der Waals surface area contributed by atoms with Gasteiger partial charge in [0.25, 0.3) is 0 Å². The molecule has 1 aliphatic rings. The molecule has 27 heavy (non-hydrogen) atoms. The quantitative estimate of drug-likeness (QED) is 0.293. The Kier molecular flexibility index (Phi) is 7.27. The molecule has 0 aromatic heterocycles. The van der Waals surface area contributed by atoms with E-state index in [-0.39, 0.29) is 19.4 Å². The fourth-order valence-corrected chi connectivity index (χ4v) is 3.94. The molecule has 0 radical (unpaired) electrons. The molecule has 0 heterocycles. The lowest BCUT2D eigenvalue weighted by atomic mass is 9.67. The first kappa shape index (κ1) is 23.2. The minimum Gasteiger partial charge on any atom is -0.548 e. The topological polar surface area (TPSA) is 88.1 Å². The van der Waals surface area contributed by atoms with Crippen molar-refractivity contribution in [3.8, 4) is 0 Å². The smallest absolute Gasteiger partial charge is 0.325 e. The van der Waals surface area contributed by atoms with E-state index in [2.05, 4.69) is 0 Å². The van der Waals surface area contributed by atoms with Crippen LogP contribution in [0.3, 0.4) is 0 Å². The Hall–Kier alpha value is -1.83. The summed E-state index contributed by atoms with van der Waals surface area (Å²) in [7, 11) is -0.798. The third-order valence-electron chi connectivity index (χ3n) is 3.95. The molecular weight excluding hydrogens is 368 g/mol. The van der Waals surface area contributed by atoms with Crippen LogP contribution in [0.25, 0.3) is 0 Å². The van der Waals surface area contributed by atoms with E-state index in [0.29, 0.717) is 5.76 Å². The predicted octanol–water partition coefficient (Wildman–Crippen LogP) is 3.20. The lowest BCUT2D eigenvalue weighted by Crippen LogP contribution is -2.54. The van der Waals surface area contributed by atoms with Crippen LogP contribution < -0.4 is 0 Å². The van der Waals surface area contributed by atoms with Gasteiger partial charge in [0.2, 0.25) is 8.32 Å². The van der Waals surface area contributed by atoms with E-state index < -0.39 is 43.2 Å². The van der Waals surface area contributed by atoms with Crippen LogP contribution in [0, 0.1) is 11.3 Å². The first-order valence-corrected chi connectivity index (χ1v) is 12.5. The SMILES string of the molecule is CCOC(=O)[C@H]1CC=C(O[Si](C)(C)C)C[C@@]1(C(=O)OC)C(=O)OC(C)(C)C. The molecule has 0 aromatic rings. The molecule has 2 atom stereocenters. The molecule has 0 N–H and O–H groups in total. The Bertz CT molecular complexity index is 613. The van der Waals surface area contributed by atoms with Gasteiger partial charge in [0.15, 0.2) is 5.41 Å². The number of hydrogen-bond acceptors (Lipinski definition) is 7. The number of esters is 3. The predicted molar refractivity (Wildman–Crippen MR) is 102 cm³/mol. The third-order valence-corrected chi connectivity index (χ3v) is 4.82. The zero-order chi connectivity index (χ0) is 21.0. The lowest BCUT2D eigenvalue weighted by Gasteiger charge is -2.40. The molecule has 0 fully saturated rings. The van der Waals surface area contributed by atoms with Crippen molar-refractivity contribution in [1.82, 2.24) is 0 Å². The average Bonchev–Trinajstić information content (AvgIpc) is 2.50. The molecule has 0 saturated heterocycles. The van der Waals surface area contributed by atoms with Gasteiger partial charge >= 0.3 is 17.9 Å². The molecule has 0 saturated carbocycles. The van der Waals surface area contributed by atoms with Crippen molar-refractivity contribution < 1.29 is 33.0 Å². The van der Waals surface area contributed by atoms with Crippen molar-refractivity contribution in [2.75, 3.05) is 13.7 Å². The van der Waals surface area contributed by atoms with E-state index in [0.717, 1.165) is 0 Å². The highest BCUT2D eigenvalue weighted by Crippen LogP contribution is 2.45. The molecule has 154 valence electrons. The van der Waals surface area contributed by atoms with Gasteiger partial charge in [-0.05, 0) is 59.8 Å². The van der Waals surface area contributed by atoms with Crippen molar-refractivity contribution in [2.45, 2.75) is 65.8 Å². The first-order valence-electron chi connectivity index (χ1n) is 9.13. The fourth-order valence-electron chi connectivity index (χ4n) is 3.00. The van der Waals surface area contributed by atoms with E-state index in [4.69, 9.17) is 18.6 Å². The van der Waals surface area contributed by atoms with Gasteiger partial charge in [-0.25, -0.2) is 0 Å². The van der Waals surface area contributed by atoms with Gasteiger partial charge in [0, 0.05) is 6.42 Å². The van der Waals surface area contributed by atoms with Crippen LogP contribution in [0.2, 0.25) is 19.6 Å². The number of carbonyl (C=O) groups excluding carboxylic acids is 3. The molecule has 0 aliphatic heterocycles. The van der Waals surface area contributed by atoms with E-state index in [1.165, 1.54) is 7.11 Å². The maximum Gasteiger partial charge on any atom is 0.325 e. The molecule has 8 heteroatoms. The second-order valence-corrected chi connectivity index (χ2v) is 13.0. The van der Waals surface area contributed by atoms with Crippen molar-refractivity contribution in [3.05, 3.63) is 11.8 Å². The summed E-state index contributed by atoms with van der Waals surface area (Å²) in [5.74, 6) is -2.78. The van der Waals surface area contributed by atoms with Crippen LogP contribution in [-0.4, -0.2) is 45.5 Å². The Labute approximate surface area is 162 Å². The van der Waals surface area contributed by atoms with E-state index in [1.54, 1.807) is 33.8 Å². The van der Waals surface area contributed by atoms with Gasteiger partial charge in [-0.15, -0.1) is 0 Å². The molecule has 7 nitrogen and oxygen atoms in total. The van der Waals surface area contributed by atoms with Gasteiger partial charge in [-0.2, -0.15) is 0 Å². The van der Waals surface area contributed by atoms with Gasteiger partial charge in [0.1, 0.15) is 5.60 Å². The Balaban J connectivity index is 3.47. The standard InChI is InChI=1S/C19H32O7Si/c1-9-24-15(20)14-11-10-13(26-27(6,7)8)12-19(14,16(21)23-5)17(22)25-18(2,3)4/h10,14H,9,11-12H2,1-8H3/t14-,19-/m1/s1. The average molecular weight is 401 g/mol. The van der Waals surface area contributed by atoms with Gasteiger partial charge < -0.3 is 18.6 Å². The highest BCUT2D eigenvalue weighted by atomic mass is 28.4. The van der Waals surface area contributed by atoms with E-state index in [1.807, 2.05) is 19.6 Å². The lowest BCUT2D eigenvalue weighted by molar-refractivity contribution is -0.190. The highest BCUT2D eigenvalue weighted by molar-refractivity contribution is 6.70. The Morgan fingerprint density at radius 3 is 2.22 bits per heavy atom. The normalized spacial score (nSPS) is 23.1. The summed E-state index contributed by atoms with van der Waals surface area (Å²) in [5, 5.41) is 0. The molecule has 0 amide bonds. The Morgan fingerprint density at radius 1 is 1.19 bits per heavy atom. The van der Waals surface area contributed by atoms with Gasteiger partial charge in [-0.1, -0.05) is 0 Å². The van der Waals surface area contributed by atoms with E-state index >= 15 is 0 Å². The molecule has 0 aromatic carbocycles. The van der Waals surface area contributed by atoms with Crippen LogP contribution in [0.15, 0.2) is 11.8 Å². The second-order valence-electron chi connectivity index (χ2n) is 8.57. The van der Waals surface area contributed by atoms with Gasteiger partial charge in [-0.3, -0.25) is 14.4 Å². The number of ether oxygens (including phenoxy) is 3. The third kappa shape index (κ3) is 5.82. The number of allylic oxidation sites excluding steroid dienone is 2. The van der Waals surface area contributed by atoms with Crippen molar-refractivity contribution >= 4 is 26.2 Å². The fraction of sp³-hybridized carbons (Fsp3) is 0.737. The molecule has 0 unspecified atom stereocenters. The van der Waals surface area contributed by atoms with Crippen LogP contribution in [0.4, 0.5) is 0 Å². The molecule has 0 spiro atoms. The van der Waals surface area contributed by atoms with Gasteiger partial charge in [0.05, 0.1) is 25.4 Å². The first-order chi connectivity index (χ1) is 12.3. The highest BCUT2D eigenvalue weighted by Gasteiger charge is 2.60. The van der Waals surface area contributed by atoms with Crippen molar-refractivity contribution in [3.63, 3.8) is 0 Å². The summed E-state index contributed by atoms with van der Waals surface area (Å²) >= 11 is 0. The minimum atomic E-state index is -1.99. The van der Waals surface area contributed by atoms with Crippen LogP contribution >= 0.6 is 0 Å². The number of carbonyl (C=O) groups is 3. The number of methoxy groups -OCH3 is 1. The molecule has 1 rings (SSSR count). The largest absolute Gasteiger partial charge is 0.548 e. The van der Waals surface area contributed by atoms with Crippen LogP contribution in [0.5, 0.6) is 0 Å². The summed E-state index contributed by atoms with van der Waals surface area (Å²) < 4.78 is 21.6. The zero-order valence-electron chi connectivity index (χ0n) is 17.6. The van der Waals surface area contributed by atoms with Crippen LogP contribution in [0.1, 0.15) is 40.5 Å². The van der Waals surface area contributed by atoms with Crippen LogP contribution in [-0.2, 0) is 33.0 Å². The summed E-state index contributed by atoms with van der Waals surface area (Å²) in [6.07, 6.45) is 1.79. The summed E-state index contributed by atoms with van der Waals surface area (Å²) in [4.78, 5) is 38.6. The molecular formula is C19H32O7Si. The molecule has 0 bridgehead atoms. The summed E-state index contributed by atoms with van der Waals surface area (Å²) in [6, 6.07) is 0.